The van der Waals surface area contributed by atoms with Crippen LogP contribution in [0.3, 0.4) is 0 Å². The molecule has 0 saturated heterocycles. The summed E-state index contributed by atoms with van der Waals surface area (Å²) in [6, 6.07) is 0. The van der Waals surface area contributed by atoms with Gasteiger partial charge in [0, 0.05) is 0 Å². The molecule has 1 rings (SSSR count). The Morgan fingerprint density at radius 1 is 1.00 bits per heavy atom. The second-order valence-electron chi connectivity index (χ2n) is 1.92. The van der Waals surface area contributed by atoms with Crippen molar-refractivity contribution < 1.29 is 0 Å². The number of aliphatic imine (C=N–C) groups is 2. The Balaban J connectivity index is 3.10. The molecule has 0 bridgehead atoms. The van der Waals surface area contributed by atoms with E-state index in [0.29, 0.717) is 0 Å². The van der Waals surface area contributed by atoms with Crippen molar-refractivity contribution >= 4 is 13.4 Å². The van der Waals surface area contributed by atoms with Crippen LogP contribution >= 0.6 is 0 Å². The van der Waals surface area contributed by atoms with E-state index in [1.807, 2.05) is 0 Å². The Labute approximate surface area is 65.7 Å². The highest BCUT2D eigenvalue weighted by Gasteiger charge is 1.97. The molecule has 0 radical (unpaired) electrons. The summed E-state index contributed by atoms with van der Waals surface area (Å²) in [5.74, 6) is 0. The zero-order valence-corrected chi connectivity index (χ0v) is 6.12. The normalized spacial score (nSPS) is 14.9. The molecular formula is C9H8N2. The first-order chi connectivity index (χ1) is 5.38. The predicted molar refractivity (Wildman–Crippen MR) is 47.9 cm³/mol. The number of allylic oxidation sites excluding steroid dienone is 3. The fourth-order valence-corrected chi connectivity index (χ4v) is 0.748. The summed E-state index contributed by atoms with van der Waals surface area (Å²) in [5, 5.41) is 0. The summed E-state index contributed by atoms with van der Waals surface area (Å²) in [4.78, 5) is 7.56. The third kappa shape index (κ3) is 1.63. The van der Waals surface area contributed by atoms with E-state index in [0.717, 1.165) is 11.4 Å². The third-order valence-corrected chi connectivity index (χ3v) is 1.28. The van der Waals surface area contributed by atoms with Gasteiger partial charge in [-0.2, -0.15) is 0 Å². The van der Waals surface area contributed by atoms with Gasteiger partial charge in [-0.1, -0.05) is 0 Å². The van der Waals surface area contributed by atoms with Gasteiger partial charge in [0.25, 0.3) is 0 Å². The minimum Gasteiger partial charge on any atom is -0.262 e. The maximum atomic E-state index is 3.78. The monoisotopic (exact) mass is 144 g/mol. The fraction of sp³-hybridized carbons (Fsp3) is 0. The highest BCUT2D eigenvalue weighted by molar-refractivity contribution is 5.46. The molecule has 0 aromatic heterocycles. The van der Waals surface area contributed by atoms with Crippen LogP contribution in [0, 0.1) is 0 Å². The van der Waals surface area contributed by atoms with E-state index in [-0.39, 0.29) is 0 Å². The molecule has 1 aliphatic rings. The van der Waals surface area contributed by atoms with Crippen molar-refractivity contribution in [3.63, 3.8) is 0 Å². The average Bonchev–Trinajstić information content (AvgIpc) is 2.27. The first-order valence-corrected chi connectivity index (χ1v) is 3.15. The van der Waals surface area contributed by atoms with Gasteiger partial charge in [-0.15, -0.1) is 5.73 Å². The van der Waals surface area contributed by atoms with Gasteiger partial charge in [-0.3, -0.25) is 9.98 Å². The van der Waals surface area contributed by atoms with Crippen molar-refractivity contribution in [2.45, 2.75) is 0 Å². The summed E-state index contributed by atoms with van der Waals surface area (Å²) in [6.07, 6.45) is 7.10. The maximum Gasteiger partial charge on any atom is 0.0884 e. The molecule has 2 heteroatoms. The van der Waals surface area contributed by atoms with Crippen LogP contribution in [0.4, 0.5) is 0 Å². The van der Waals surface area contributed by atoms with Gasteiger partial charge >= 0.3 is 0 Å². The second-order valence-corrected chi connectivity index (χ2v) is 1.92. The van der Waals surface area contributed by atoms with Crippen LogP contribution in [0.5, 0.6) is 0 Å². The second kappa shape index (κ2) is 3.49. The van der Waals surface area contributed by atoms with Crippen molar-refractivity contribution in [2.75, 3.05) is 0 Å². The molecule has 11 heavy (non-hydrogen) atoms. The Morgan fingerprint density at radius 3 is 1.82 bits per heavy atom. The molecule has 0 aromatic rings. The lowest BCUT2D eigenvalue weighted by atomic mass is 10.3. The van der Waals surface area contributed by atoms with E-state index >= 15 is 0 Å². The van der Waals surface area contributed by atoms with Crippen LogP contribution < -0.4 is 0 Å². The van der Waals surface area contributed by atoms with E-state index in [9.17, 15) is 0 Å². The molecular weight excluding hydrogens is 136 g/mol. The molecule has 0 saturated carbocycles. The molecule has 0 heterocycles. The molecule has 0 aromatic carbocycles. The molecule has 0 spiro atoms. The van der Waals surface area contributed by atoms with Gasteiger partial charge in [-0.25, -0.2) is 0 Å². The lowest BCUT2D eigenvalue weighted by molar-refractivity contribution is 1.27. The molecule has 54 valence electrons. The van der Waals surface area contributed by atoms with Gasteiger partial charge in [0.05, 0.1) is 11.4 Å². The van der Waals surface area contributed by atoms with Crippen LogP contribution in [0.25, 0.3) is 0 Å². The molecule has 0 N–H and O–H groups in total. The SMILES string of the molecule is C=NC1=CC=C=CC=C1N=C. The molecule has 0 amide bonds. The first kappa shape index (κ1) is 7.45. The fourth-order valence-electron chi connectivity index (χ4n) is 0.748. The Bertz CT molecular complexity index is 272. The molecule has 0 atom stereocenters. The van der Waals surface area contributed by atoms with Crippen molar-refractivity contribution in [1.82, 2.24) is 0 Å². The maximum absolute atomic E-state index is 3.78. The summed E-state index contributed by atoms with van der Waals surface area (Å²) in [5.41, 5.74) is 4.34. The summed E-state index contributed by atoms with van der Waals surface area (Å²) < 4.78 is 0. The topological polar surface area (TPSA) is 24.7 Å². The molecule has 1 aliphatic carbocycles. The van der Waals surface area contributed by atoms with E-state index in [1.165, 1.54) is 0 Å². The minimum absolute atomic E-state index is 0.723. The summed E-state index contributed by atoms with van der Waals surface area (Å²) in [7, 11) is 0. The van der Waals surface area contributed by atoms with E-state index in [4.69, 9.17) is 0 Å². The Hall–Kier alpha value is -1.66. The summed E-state index contributed by atoms with van der Waals surface area (Å²) >= 11 is 0. The third-order valence-electron chi connectivity index (χ3n) is 1.28. The Kier molecular flexibility index (Phi) is 2.37. The quantitative estimate of drug-likeness (QED) is 0.417. The highest BCUT2D eigenvalue weighted by Crippen LogP contribution is 2.13. The largest absolute Gasteiger partial charge is 0.262 e. The summed E-state index contributed by atoms with van der Waals surface area (Å²) in [6.45, 7) is 6.83. The number of hydrogen-bond donors (Lipinski definition) is 0. The van der Waals surface area contributed by atoms with Crippen molar-refractivity contribution in [3.8, 4) is 0 Å². The molecule has 0 unspecified atom stereocenters. The van der Waals surface area contributed by atoms with Crippen LogP contribution in [-0.4, -0.2) is 13.4 Å². The van der Waals surface area contributed by atoms with Gasteiger partial charge in [0.15, 0.2) is 0 Å². The smallest absolute Gasteiger partial charge is 0.0884 e. The van der Waals surface area contributed by atoms with Gasteiger partial charge in [-0.05, 0) is 37.7 Å². The lowest BCUT2D eigenvalue weighted by Crippen LogP contribution is -1.80. The van der Waals surface area contributed by atoms with Gasteiger partial charge in [0.2, 0.25) is 0 Å². The van der Waals surface area contributed by atoms with Crippen LogP contribution in [0.15, 0.2) is 51.4 Å². The van der Waals surface area contributed by atoms with Gasteiger partial charge < -0.3 is 0 Å². The van der Waals surface area contributed by atoms with Crippen molar-refractivity contribution in [1.29, 1.82) is 0 Å². The minimum atomic E-state index is 0.723. The Morgan fingerprint density at radius 2 is 1.45 bits per heavy atom. The number of rotatable bonds is 2. The molecule has 2 nitrogen and oxygen atoms in total. The predicted octanol–water partition coefficient (Wildman–Crippen LogP) is 1.88. The van der Waals surface area contributed by atoms with E-state index < -0.39 is 0 Å². The van der Waals surface area contributed by atoms with E-state index in [2.05, 4.69) is 29.2 Å². The zero-order chi connectivity index (χ0) is 8.10. The van der Waals surface area contributed by atoms with Crippen LogP contribution in [0.2, 0.25) is 0 Å². The standard InChI is InChI=1S/C9H8N2/c1-10-8-6-4-3-5-7-9(8)11-2/h4-7H,1-2H2. The average molecular weight is 144 g/mol. The highest BCUT2D eigenvalue weighted by atomic mass is 14.8. The lowest BCUT2D eigenvalue weighted by Gasteiger charge is -1.96. The molecule has 0 aliphatic heterocycles. The van der Waals surface area contributed by atoms with Crippen molar-refractivity contribution in [2.24, 2.45) is 9.98 Å². The van der Waals surface area contributed by atoms with Crippen molar-refractivity contribution in [3.05, 3.63) is 41.4 Å². The van der Waals surface area contributed by atoms with Crippen LogP contribution in [0.1, 0.15) is 0 Å². The van der Waals surface area contributed by atoms with E-state index in [1.54, 1.807) is 24.3 Å². The first-order valence-electron chi connectivity index (χ1n) is 3.15. The van der Waals surface area contributed by atoms with Crippen LogP contribution in [-0.2, 0) is 0 Å². The number of hydrogen-bond acceptors (Lipinski definition) is 2. The van der Waals surface area contributed by atoms with Gasteiger partial charge in [0.1, 0.15) is 0 Å². The number of nitrogens with zero attached hydrogens (tertiary/aromatic N) is 2. The molecule has 0 fully saturated rings. The zero-order valence-electron chi connectivity index (χ0n) is 6.12.